The quantitative estimate of drug-likeness (QED) is 0.593. The molecule has 1 unspecified atom stereocenters. The van der Waals surface area contributed by atoms with E-state index in [4.69, 9.17) is 4.74 Å². The van der Waals surface area contributed by atoms with Gasteiger partial charge in [0, 0.05) is 18.4 Å². The Bertz CT molecular complexity index is 370. The molecule has 0 aromatic carbocycles. The molecular weight excluding hydrogens is 214 g/mol. The summed E-state index contributed by atoms with van der Waals surface area (Å²) in [7, 11) is 0. The van der Waals surface area contributed by atoms with Gasteiger partial charge >= 0.3 is 5.97 Å². The van der Waals surface area contributed by atoms with Crippen LogP contribution in [-0.2, 0) is 16.1 Å². The van der Waals surface area contributed by atoms with Crippen molar-refractivity contribution in [2.75, 3.05) is 6.61 Å². The van der Waals surface area contributed by atoms with Gasteiger partial charge < -0.3 is 9.30 Å². The molecule has 0 spiro atoms. The van der Waals surface area contributed by atoms with Gasteiger partial charge in [-0.3, -0.25) is 4.79 Å². The molecule has 1 aliphatic rings. The van der Waals surface area contributed by atoms with Crippen LogP contribution in [0.5, 0.6) is 0 Å². The second-order valence-corrected chi connectivity index (χ2v) is 4.70. The van der Waals surface area contributed by atoms with Crippen LogP contribution >= 0.6 is 0 Å². The van der Waals surface area contributed by atoms with E-state index in [0.29, 0.717) is 6.61 Å². The molecule has 1 aromatic rings. The molecule has 0 aliphatic carbocycles. The van der Waals surface area contributed by atoms with Crippen molar-refractivity contribution < 1.29 is 9.53 Å². The maximum Gasteiger partial charge on any atom is 0.314 e. The largest absolute Gasteiger partial charge is 0.465 e. The summed E-state index contributed by atoms with van der Waals surface area (Å²) in [6.07, 6.45) is 7.27. The van der Waals surface area contributed by atoms with Crippen molar-refractivity contribution in [3.63, 3.8) is 0 Å². The molecule has 1 aromatic heterocycles. The molecule has 0 saturated heterocycles. The number of unbranched alkanes of at least 4 members (excludes halogenated alkanes) is 1. The fourth-order valence-electron chi connectivity index (χ4n) is 2.38. The molecule has 0 bridgehead atoms. The highest BCUT2D eigenvalue weighted by atomic mass is 16.5. The Hall–Kier alpha value is -1.25. The number of carbonyl (C=O) groups is 1. The molecule has 0 amide bonds. The van der Waals surface area contributed by atoms with Crippen LogP contribution in [0.15, 0.2) is 18.3 Å². The molecule has 17 heavy (non-hydrogen) atoms. The van der Waals surface area contributed by atoms with Crippen LogP contribution in [0.25, 0.3) is 0 Å². The average Bonchev–Trinajstić information content (AvgIpc) is 2.69. The third-order valence-corrected chi connectivity index (χ3v) is 3.39. The predicted molar refractivity (Wildman–Crippen MR) is 66.9 cm³/mol. The van der Waals surface area contributed by atoms with Gasteiger partial charge in [0.05, 0.1) is 12.5 Å². The van der Waals surface area contributed by atoms with E-state index in [0.717, 1.165) is 44.3 Å². The van der Waals surface area contributed by atoms with Crippen LogP contribution in [0.3, 0.4) is 0 Å². The number of fused-ring (bicyclic) bond motifs is 1. The fraction of sp³-hybridized carbons (Fsp3) is 0.643. The van der Waals surface area contributed by atoms with E-state index in [-0.39, 0.29) is 11.9 Å². The Balaban J connectivity index is 2.02. The third kappa shape index (κ3) is 2.90. The van der Waals surface area contributed by atoms with Crippen molar-refractivity contribution in [3.05, 3.63) is 24.0 Å². The summed E-state index contributed by atoms with van der Waals surface area (Å²) < 4.78 is 7.54. The van der Waals surface area contributed by atoms with Crippen molar-refractivity contribution in [3.8, 4) is 0 Å². The van der Waals surface area contributed by atoms with Crippen LogP contribution in [0.2, 0.25) is 0 Å². The van der Waals surface area contributed by atoms with Gasteiger partial charge in [-0.2, -0.15) is 0 Å². The van der Waals surface area contributed by atoms with E-state index in [9.17, 15) is 4.79 Å². The van der Waals surface area contributed by atoms with E-state index in [1.807, 2.05) is 6.07 Å². The highest BCUT2D eigenvalue weighted by Gasteiger charge is 2.26. The molecule has 3 heteroatoms. The minimum absolute atomic E-state index is 0.0414. The lowest BCUT2D eigenvalue weighted by Gasteiger charge is -2.15. The van der Waals surface area contributed by atoms with Gasteiger partial charge in [-0.1, -0.05) is 19.8 Å². The predicted octanol–water partition coefficient (Wildman–Crippen LogP) is 3.10. The molecule has 0 fully saturated rings. The smallest absolute Gasteiger partial charge is 0.314 e. The minimum Gasteiger partial charge on any atom is -0.465 e. The van der Waals surface area contributed by atoms with E-state index < -0.39 is 0 Å². The average molecular weight is 235 g/mol. The van der Waals surface area contributed by atoms with Crippen molar-refractivity contribution in [1.29, 1.82) is 0 Å². The van der Waals surface area contributed by atoms with E-state index in [1.165, 1.54) is 0 Å². The minimum atomic E-state index is -0.0515. The topological polar surface area (TPSA) is 31.2 Å². The Morgan fingerprint density at radius 3 is 3.24 bits per heavy atom. The molecular formula is C14H21NO2. The zero-order valence-corrected chi connectivity index (χ0v) is 10.5. The summed E-state index contributed by atoms with van der Waals surface area (Å²) in [5, 5.41) is 0. The number of rotatable bonds is 4. The van der Waals surface area contributed by atoms with Crippen molar-refractivity contribution in [2.45, 2.75) is 51.5 Å². The normalized spacial score (nSPS) is 19.5. The molecule has 2 heterocycles. The first-order valence-electron chi connectivity index (χ1n) is 6.64. The molecule has 1 aliphatic heterocycles. The van der Waals surface area contributed by atoms with Gasteiger partial charge in [0.1, 0.15) is 0 Å². The number of aryl methyl sites for hydroxylation is 1. The zero-order valence-electron chi connectivity index (χ0n) is 10.5. The van der Waals surface area contributed by atoms with Gasteiger partial charge in [-0.05, 0) is 31.4 Å². The van der Waals surface area contributed by atoms with Crippen molar-refractivity contribution in [1.82, 2.24) is 4.57 Å². The molecule has 94 valence electrons. The van der Waals surface area contributed by atoms with Crippen molar-refractivity contribution >= 4 is 5.97 Å². The Morgan fingerprint density at radius 1 is 1.53 bits per heavy atom. The SMILES string of the molecule is CCCCOC(=O)C1CCCCn2cccc21. The van der Waals surface area contributed by atoms with E-state index in [2.05, 4.69) is 23.8 Å². The summed E-state index contributed by atoms with van der Waals surface area (Å²) in [4.78, 5) is 12.1. The standard InChI is InChI=1S/C14H21NO2/c1-2-3-11-17-14(16)12-7-4-5-9-15-10-6-8-13(12)15/h6,8,10,12H,2-5,7,9,11H2,1H3. The van der Waals surface area contributed by atoms with Crippen molar-refractivity contribution in [2.24, 2.45) is 0 Å². The summed E-state index contributed by atoms with van der Waals surface area (Å²) in [6.45, 7) is 3.69. The molecule has 2 rings (SSSR count). The molecule has 0 saturated carbocycles. The second kappa shape index (κ2) is 5.89. The monoisotopic (exact) mass is 235 g/mol. The zero-order chi connectivity index (χ0) is 12.1. The summed E-state index contributed by atoms with van der Waals surface area (Å²) in [5.74, 6) is -0.0929. The first-order valence-corrected chi connectivity index (χ1v) is 6.64. The molecule has 0 N–H and O–H groups in total. The summed E-state index contributed by atoms with van der Waals surface area (Å²) in [5.41, 5.74) is 1.13. The molecule has 3 nitrogen and oxygen atoms in total. The van der Waals surface area contributed by atoms with E-state index in [1.54, 1.807) is 0 Å². The van der Waals surface area contributed by atoms with Crippen LogP contribution in [0.4, 0.5) is 0 Å². The molecule has 0 radical (unpaired) electrons. The Kier molecular flexibility index (Phi) is 4.24. The number of hydrogen-bond donors (Lipinski definition) is 0. The number of aromatic nitrogens is 1. The lowest BCUT2D eigenvalue weighted by atomic mass is 10.00. The number of esters is 1. The van der Waals surface area contributed by atoms with E-state index >= 15 is 0 Å². The van der Waals surface area contributed by atoms with Gasteiger partial charge in [-0.15, -0.1) is 0 Å². The maximum absolute atomic E-state index is 12.1. The summed E-state index contributed by atoms with van der Waals surface area (Å²) >= 11 is 0. The first kappa shape index (κ1) is 12.2. The summed E-state index contributed by atoms with van der Waals surface area (Å²) in [6, 6.07) is 4.07. The number of ether oxygens (including phenoxy) is 1. The second-order valence-electron chi connectivity index (χ2n) is 4.70. The highest BCUT2D eigenvalue weighted by Crippen LogP contribution is 2.28. The number of nitrogens with zero attached hydrogens (tertiary/aromatic N) is 1. The molecule has 1 atom stereocenters. The lowest BCUT2D eigenvalue weighted by Crippen LogP contribution is -2.18. The number of hydrogen-bond acceptors (Lipinski definition) is 2. The lowest BCUT2D eigenvalue weighted by molar-refractivity contribution is -0.145. The fourth-order valence-corrected chi connectivity index (χ4v) is 2.38. The van der Waals surface area contributed by atoms with Gasteiger partial charge in [0.2, 0.25) is 0 Å². The van der Waals surface area contributed by atoms with Gasteiger partial charge in [-0.25, -0.2) is 0 Å². The van der Waals surface area contributed by atoms with Crippen LogP contribution < -0.4 is 0 Å². The van der Waals surface area contributed by atoms with Crippen LogP contribution in [0.1, 0.15) is 50.6 Å². The van der Waals surface area contributed by atoms with Crippen LogP contribution in [0, 0.1) is 0 Å². The number of carbonyl (C=O) groups excluding carboxylic acids is 1. The first-order chi connectivity index (χ1) is 8.33. The van der Waals surface area contributed by atoms with Crippen LogP contribution in [-0.4, -0.2) is 17.1 Å². The highest BCUT2D eigenvalue weighted by molar-refractivity contribution is 5.77. The van der Waals surface area contributed by atoms with Gasteiger partial charge in [0.25, 0.3) is 0 Å². The Labute approximate surface area is 103 Å². The van der Waals surface area contributed by atoms with Gasteiger partial charge in [0.15, 0.2) is 0 Å². The Morgan fingerprint density at radius 2 is 2.41 bits per heavy atom. The third-order valence-electron chi connectivity index (χ3n) is 3.39. The maximum atomic E-state index is 12.1.